The van der Waals surface area contributed by atoms with Crippen LogP contribution in [0.25, 0.3) is 0 Å². The maximum atomic E-state index is 13.7. The van der Waals surface area contributed by atoms with Gasteiger partial charge in [-0.1, -0.05) is 104 Å². The van der Waals surface area contributed by atoms with Crippen LogP contribution in [0.2, 0.25) is 0 Å². The molecule has 0 unspecified atom stereocenters. The molecule has 0 aromatic heterocycles. The molecule has 1 saturated heterocycles. The first-order valence-electron chi connectivity index (χ1n) is 12.1. The van der Waals surface area contributed by atoms with Gasteiger partial charge in [0, 0.05) is 0 Å². The summed E-state index contributed by atoms with van der Waals surface area (Å²) in [6.07, 6.45) is 1.47. The number of halogens is 1. The summed E-state index contributed by atoms with van der Waals surface area (Å²) in [5.74, 6) is -0.713. The van der Waals surface area contributed by atoms with Crippen molar-refractivity contribution >= 4 is 23.5 Å². The Kier molecular flexibility index (Phi) is 7.12. The first-order valence-corrected chi connectivity index (χ1v) is 12.6. The minimum Gasteiger partial charge on any atom is -0.492 e. The van der Waals surface area contributed by atoms with Crippen LogP contribution in [0.15, 0.2) is 115 Å². The van der Waals surface area contributed by atoms with Crippen molar-refractivity contribution in [3.63, 3.8) is 0 Å². The molecule has 37 heavy (non-hydrogen) atoms. The molecular weight excluding hydrogens is 488 g/mol. The number of nitrogens with zero attached hydrogens (tertiary/aromatic N) is 1. The lowest BCUT2D eigenvalue weighted by Crippen LogP contribution is -2.75. The van der Waals surface area contributed by atoms with E-state index >= 15 is 0 Å². The molecule has 1 fully saturated rings. The molecule has 2 aliphatic heterocycles. The molecule has 2 aliphatic rings. The van der Waals surface area contributed by atoms with E-state index in [0.717, 1.165) is 16.7 Å². The van der Waals surface area contributed by atoms with E-state index in [0.29, 0.717) is 0 Å². The number of fused-ring (bicyclic) bond motifs is 1. The predicted molar refractivity (Wildman–Crippen MR) is 142 cm³/mol. The Bertz CT molecular complexity index is 1210. The summed E-state index contributed by atoms with van der Waals surface area (Å²) in [5, 5.41) is 3.71. The number of amides is 1. The maximum Gasteiger partial charge on any atom is 0.358 e. The molecule has 1 amide bonds. The summed E-state index contributed by atoms with van der Waals surface area (Å²) in [4.78, 5) is 28.0. The zero-order chi connectivity index (χ0) is 25.8. The van der Waals surface area contributed by atoms with Crippen LogP contribution in [0, 0.1) is 0 Å². The van der Waals surface area contributed by atoms with Gasteiger partial charge < -0.3 is 9.47 Å². The van der Waals surface area contributed by atoms with Crippen LogP contribution in [0.3, 0.4) is 0 Å². The van der Waals surface area contributed by atoms with Gasteiger partial charge in [0.25, 0.3) is 0 Å². The van der Waals surface area contributed by atoms with Gasteiger partial charge in [0.15, 0.2) is 5.70 Å². The number of hydrogen-bond donors (Lipinski definition) is 1. The molecule has 0 spiro atoms. The fourth-order valence-electron chi connectivity index (χ4n) is 5.10. The summed E-state index contributed by atoms with van der Waals surface area (Å²) >= 11 is 6.06. The maximum absolute atomic E-state index is 13.7. The number of benzene rings is 3. The highest BCUT2D eigenvalue weighted by molar-refractivity contribution is 6.19. The fourth-order valence-corrected chi connectivity index (χ4v) is 5.31. The minimum atomic E-state index is -0.837. The monoisotopic (exact) mass is 514 g/mol. The Morgan fingerprint density at radius 2 is 1.51 bits per heavy atom. The standard InChI is InChI=1S/C30H27ClN2O4/c1-2-18-36-29(35)27-25(19-31)37-20-24-26(28(34)33(24)27)32-30(21-12-6-3-7-13-21,22-14-8-4-9-15-22)23-16-10-5-11-17-23/h2-17,24,26,32H,1,18-20H2/t24-,26+/m1/s1. The number of esters is 1. The van der Waals surface area contributed by atoms with Crippen LogP contribution >= 0.6 is 11.6 Å². The van der Waals surface area contributed by atoms with E-state index in [1.54, 1.807) is 0 Å². The molecule has 0 aliphatic carbocycles. The number of alkyl halides is 1. The second-order valence-corrected chi connectivity index (χ2v) is 9.12. The predicted octanol–water partition coefficient (Wildman–Crippen LogP) is 4.36. The molecule has 5 rings (SSSR count). The molecule has 0 bridgehead atoms. The van der Waals surface area contributed by atoms with E-state index in [9.17, 15) is 9.59 Å². The minimum absolute atomic E-state index is 0.0193. The third-order valence-electron chi connectivity index (χ3n) is 6.79. The lowest BCUT2D eigenvalue weighted by molar-refractivity contribution is -0.161. The fraction of sp³-hybridized carbons (Fsp3) is 0.200. The molecule has 188 valence electrons. The van der Waals surface area contributed by atoms with Crippen molar-refractivity contribution in [3.8, 4) is 0 Å². The van der Waals surface area contributed by atoms with Crippen LogP contribution in [0.4, 0.5) is 0 Å². The van der Waals surface area contributed by atoms with Gasteiger partial charge in [0.1, 0.15) is 25.0 Å². The Labute approximate surface area is 221 Å². The third kappa shape index (κ3) is 4.32. The molecular formula is C30H27ClN2O4. The quantitative estimate of drug-likeness (QED) is 0.151. The highest BCUT2D eigenvalue weighted by Gasteiger charge is 2.57. The van der Waals surface area contributed by atoms with Crippen LogP contribution in [-0.4, -0.2) is 48.0 Å². The van der Waals surface area contributed by atoms with Crippen molar-refractivity contribution in [2.24, 2.45) is 0 Å². The summed E-state index contributed by atoms with van der Waals surface area (Å²) < 4.78 is 11.1. The number of allylic oxidation sites excluding steroid dienone is 1. The third-order valence-corrected chi connectivity index (χ3v) is 7.04. The molecule has 6 nitrogen and oxygen atoms in total. The van der Waals surface area contributed by atoms with Crippen molar-refractivity contribution in [1.82, 2.24) is 10.2 Å². The summed E-state index contributed by atoms with van der Waals surface area (Å²) in [5.41, 5.74) is 2.17. The molecule has 0 radical (unpaired) electrons. The molecule has 1 N–H and O–H groups in total. The molecule has 3 aromatic carbocycles. The van der Waals surface area contributed by atoms with Gasteiger partial charge in [-0.15, -0.1) is 11.6 Å². The van der Waals surface area contributed by atoms with Gasteiger partial charge >= 0.3 is 5.97 Å². The lowest BCUT2D eigenvalue weighted by atomic mass is 9.75. The molecule has 3 aromatic rings. The van der Waals surface area contributed by atoms with Crippen LogP contribution in [0.1, 0.15) is 16.7 Å². The van der Waals surface area contributed by atoms with Gasteiger partial charge in [0.2, 0.25) is 5.91 Å². The van der Waals surface area contributed by atoms with Crippen LogP contribution < -0.4 is 5.32 Å². The van der Waals surface area contributed by atoms with Gasteiger partial charge in [-0.05, 0) is 16.7 Å². The average Bonchev–Trinajstić information content (AvgIpc) is 2.97. The van der Waals surface area contributed by atoms with E-state index in [2.05, 4.69) is 48.3 Å². The average molecular weight is 515 g/mol. The Balaban J connectivity index is 1.58. The zero-order valence-corrected chi connectivity index (χ0v) is 20.9. The van der Waals surface area contributed by atoms with E-state index in [4.69, 9.17) is 21.1 Å². The van der Waals surface area contributed by atoms with Crippen molar-refractivity contribution < 1.29 is 19.1 Å². The number of nitrogens with one attached hydrogen (secondary N) is 1. The van der Waals surface area contributed by atoms with E-state index < -0.39 is 23.6 Å². The molecule has 2 heterocycles. The summed E-state index contributed by atoms with van der Waals surface area (Å²) in [7, 11) is 0. The Morgan fingerprint density at radius 1 is 1.00 bits per heavy atom. The number of carbonyl (C=O) groups is 2. The number of β-lactam (4-membered cyclic amide) rings is 1. The first kappa shape index (κ1) is 24.8. The van der Waals surface area contributed by atoms with Crippen LogP contribution in [0.5, 0.6) is 0 Å². The van der Waals surface area contributed by atoms with Crippen molar-refractivity contribution in [3.05, 3.63) is 132 Å². The second-order valence-electron chi connectivity index (χ2n) is 8.85. The second kappa shape index (κ2) is 10.6. The highest BCUT2D eigenvalue weighted by Crippen LogP contribution is 2.41. The number of rotatable bonds is 9. The van der Waals surface area contributed by atoms with Crippen molar-refractivity contribution in [2.45, 2.75) is 17.6 Å². The van der Waals surface area contributed by atoms with Crippen molar-refractivity contribution in [2.75, 3.05) is 19.1 Å². The zero-order valence-electron chi connectivity index (χ0n) is 20.2. The Morgan fingerprint density at radius 3 is 1.97 bits per heavy atom. The van der Waals surface area contributed by atoms with E-state index in [-0.39, 0.29) is 36.5 Å². The summed E-state index contributed by atoms with van der Waals surface area (Å²) in [6, 6.07) is 29.1. The molecule has 7 heteroatoms. The van der Waals surface area contributed by atoms with Gasteiger partial charge in [-0.3, -0.25) is 15.0 Å². The smallest absolute Gasteiger partial charge is 0.358 e. The topological polar surface area (TPSA) is 67.9 Å². The first-order chi connectivity index (χ1) is 18.1. The largest absolute Gasteiger partial charge is 0.492 e. The van der Waals surface area contributed by atoms with E-state index in [1.165, 1.54) is 11.0 Å². The van der Waals surface area contributed by atoms with Crippen molar-refractivity contribution in [1.29, 1.82) is 0 Å². The summed E-state index contributed by atoms with van der Waals surface area (Å²) in [6.45, 7) is 3.80. The van der Waals surface area contributed by atoms with Gasteiger partial charge in [-0.25, -0.2) is 4.79 Å². The highest BCUT2D eigenvalue weighted by atomic mass is 35.5. The van der Waals surface area contributed by atoms with Gasteiger partial charge in [0.05, 0.1) is 17.5 Å². The van der Waals surface area contributed by atoms with Gasteiger partial charge in [-0.2, -0.15) is 0 Å². The lowest BCUT2D eigenvalue weighted by Gasteiger charge is -2.53. The van der Waals surface area contributed by atoms with Crippen LogP contribution in [-0.2, 0) is 24.6 Å². The SMILES string of the molecule is C=CCOC(=O)C1=C(CCl)OC[C@@H]2[C@H](NC(c3ccccc3)(c3ccccc3)c3ccccc3)C(=O)N12. The molecule has 2 atom stereocenters. The number of carbonyl (C=O) groups excluding carboxylic acids is 2. The normalized spacial score (nSPS) is 18.9. The number of ether oxygens (including phenoxy) is 2. The number of hydrogen-bond acceptors (Lipinski definition) is 5. The Hall–Kier alpha value is -3.87. The molecule has 0 saturated carbocycles. The van der Waals surface area contributed by atoms with E-state index in [1.807, 2.05) is 54.6 Å².